The summed E-state index contributed by atoms with van der Waals surface area (Å²) in [4.78, 5) is 18.7. The van der Waals surface area contributed by atoms with Crippen LogP contribution in [0.15, 0.2) is 0 Å². The van der Waals surface area contributed by atoms with Crippen molar-refractivity contribution in [2.24, 2.45) is 17.8 Å². The molecule has 17 atom stereocenters. The number of methoxy groups -OCH3 is 1. The van der Waals surface area contributed by atoms with Gasteiger partial charge in [-0.3, -0.25) is 4.79 Å². The zero-order chi connectivity index (χ0) is 37.7. The Labute approximate surface area is 299 Å². The maximum atomic E-state index is 14.6. The van der Waals surface area contributed by atoms with Crippen molar-refractivity contribution in [2.45, 2.75) is 178 Å². The third kappa shape index (κ3) is 8.08. The Morgan fingerprint density at radius 1 is 1.00 bits per heavy atom. The monoisotopic (exact) mass is 716 g/mol. The molecule has 4 aliphatic rings. The second-order valence-corrected chi connectivity index (χ2v) is 17.1. The summed E-state index contributed by atoms with van der Waals surface area (Å²) in [6.45, 7) is 16.8. The summed E-state index contributed by atoms with van der Waals surface area (Å²) in [6, 6.07) is -0.300. The Morgan fingerprint density at radius 2 is 1.64 bits per heavy atom. The van der Waals surface area contributed by atoms with Gasteiger partial charge in [0.15, 0.2) is 12.1 Å². The van der Waals surface area contributed by atoms with Crippen LogP contribution < -0.4 is 0 Å². The first-order chi connectivity index (χ1) is 23.0. The minimum atomic E-state index is -1.80. The van der Waals surface area contributed by atoms with Gasteiger partial charge in [0.1, 0.15) is 29.8 Å². The third-order valence-corrected chi connectivity index (χ3v) is 12.4. The Hall–Kier alpha value is -0.970. The van der Waals surface area contributed by atoms with E-state index in [2.05, 4.69) is 4.90 Å². The number of nitrogens with zero attached hydrogens (tertiary/aromatic N) is 2. The van der Waals surface area contributed by atoms with E-state index in [1.54, 1.807) is 27.7 Å². The lowest BCUT2D eigenvalue weighted by molar-refractivity contribution is -0.440. The number of carbonyl (C=O) groups excluding carboxylic acids is 1. The van der Waals surface area contributed by atoms with Crippen LogP contribution in [-0.4, -0.2) is 155 Å². The van der Waals surface area contributed by atoms with Gasteiger partial charge in [0.25, 0.3) is 0 Å². The van der Waals surface area contributed by atoms with Crippen LogP contribution in [0.1, 0.15) is 94.4 Å². The lowest BCUT2D eigenvalue weighted by Crippen LogP contribution is -2.75. The smallest absolute Gasteiger partial charge is 0.317 e. The molecule has 0 radical (unpaired) electrons. The Morgan fingerprint density at radius 3 is 2.22 bits per heavy atom. The standard InChI is InChI=1S/C37H68N2O11/c1-14-26-36(9,44)30(40)23(5)39(12)18-20(2)17-34(7,43)32(48-27-16-25(38(10)11)15-21(3)46-27)22(4)29-28(33(42)47-26)37(50-29)19-35(8,45-13)31(41)24(6)49-37/h20-32,40-41,43-44H,14-19H2,1-13H3/t20-,21?,22+,23-,24?,25?,26-,27?,28-,29+,30-,31?,32-,34+,35?,36-,37?/m1/s1. The van der Waals surface area contributed by atoms with Crippen LogP contribution in [0.25, 0.3) is 0 Å². The number of carbonyl (C=O) groups is 1. The number of hydrogen-bond donors (Lipinski definition) is 4. The first kappa shape index (κ1) is 41.8. The Bertz CT molecular complexity index is 1160. The fourth-order valence-corrected chi connectivity index (χ4v) is 9.28. The average Bonchev–Trinajstić information content (AvgIpc) is 3.01. The minimum Gasteiger partial charge on any atom is -0.459 e. The van der Waals surface area contributed by atoms with Crippen molar-refractivity contribution in [2.75, 3.05) is 34.8 Å². The summed E-state index contributed by atoms with van der Waals surface area (Å²) in [5.74, 6) is -3.89. The number of rotatable bonds is 5. The van der Waals surface area contributed by atoms with E-state index in [4.69, 9.17) is 28.4 Å². The highest BCUT2D eigenvalue weighted by Crippen LogP contribution is 2.55. The number of likely N-dealkylation sites (N-methyl/N-ethyl adjacent to an activating group) is 1. The molecule has 4 saturated heterocycles. The van der Waals surface area contributed by atoms with Gasteiger partial charge in [-0.1, -0.05) is 20.8 Å². The van der Waals surface area contributed by atoms with E-state index in [9.17, 15) is 25.2 Å². The molecular formula is C37H68N2O11. The molecule has 50 heavy (non-hydrogen) atoms. The van der Waals surface area contributed by atoms with Crippen LogP contribution in [0, 0.1) is 17.8 Å². The second-order valence-electron chi connectivity index (χ2n) is 17.1. The fraction of sp³-hybridized carbons (Fsp3) is 0.973. The molecule has 7 unspecified atom stereocenters. The highest BCUT2D eigenvalue weighted by Gasteiger charge is 2.70. The zero-order valence-electron chi connectivity index (χ0n) is 32.8. The van der Waals surface area contributed by atoms with Gasteiger partial charge in [0, 0.05) is 44.5 Å². The molecule has 13 nitrogen and oxygen atoms in total. The molecule has 4 rings (SSSR count). The lowest BCUT2D eigenvalue weighted by atomic mass is 9.68. The highest BCUT2D eigenvalue weighted by molar-refractivity contribution is 5.76. The largest absolute Gasteiger partial charge is 0.459 e. The molecule has 0 aliphatic carbocycles. The summed E-state index contributed by atoms with van der Waals surface area (Å²) >= 11 is 0. The minimum absolute atomic E-state index is 0.0232. The topological polar surface area (TPSA) is 160 Å². The van der Waals surface area contributed by atoms with Gasteiger partial charge < -0.3 is 58.6 Å². The predicted octanol–water partition coefficient (Wildman–Crippen LogP) is 2.29. The van der Waals surface area contributed by atoms with Gasteiger partial charge in [-0.2, -0.15) is 0 Å². The first-order valence-corrected chi connectivity index (χ1v) is 18.6. The third-order valence-electron chi connectivity index (χ3n) is 12.4. The summed E-state index contributed by atoms with van der Waals surface area (Å²) in [5.41, 5.74) is -4.32. The molecule has 0 aromatic heterocycles. The molecule has 4 N–H and O–H groups in total. The van der Waals surface area contributed by atoms with Crippen molar-refractivity contribution in [1.82, 2.24) is 9.80 Å². The second kappa shape index (κ2) is 15.4. The van der Waals surface area contributed by atoms with E-state index in [1.807, 2.05) is 53.7 Å². The molecule has 0 amide bonds. The van der Waals surface area contributed by atoms with Gasteiger partial charge in [-0.15, -0.1) is 0 Å². The van der Waals surface area contributed by atoms with Gasteiger partial charge in [0.05, 0.1) is 35.6 Å². The quantitative estimate of drug-likeness (QED) is 0.308. The zero-order valence-corrected chi connectivity index (χ0v) is 32.8. The van der Waals surface area contributed by atoms with E-state index >= 15 is 0 Å². The van der Waals surface area contributed by atoms with E-state index in [1.165, 1.54) is 14.0 Å². The maximum Gasteiger partial charge on any atom is 0.317 e. The van der Waals surface area contributed by atoms with Crippen LogP contribution in [0.3, 0.4) is 0 Å². The Balaban J connectivity index is 1.82. The number of esters is 1. The molecule has 0 aromatic rings. The number of aliphatic hydroxyl groups excluding tert-OH is 2. The molecular weight excluding hydrogens is 648 g/mol. The predicted molar refractivity (Wildman–Crippen MR) is 186 cm³/mol. The van der Waals surface area contributed by atoms with E-state index < -0.39 is 89.4 Å². The average molecular weight is 717 g/mol. The van der Waals surface area contributed by atoms with Crippen molar-refractivity contribution in [3.63, 3.8) is 0 Å². The fourth-order valence-electron chi connectivity index (χ4n) is 9.28. The van der Waals surface area contributed by atoms with Crippen LogP contribution in [0.5, 0.6) is 0 Å². The van der Waals surface area contributed by atoms with Gasteiger partial charge >= 0.3 is 5.97 Å². The number of ether oxygens (including phenoxy) is 6. The molecule has 292 valence electrons. The van der Waals surface area contributed by atoms with E-state index in [-0.39, 0.29) is 30.9 Å². The number of hydrogen-bond acceptors (Lipinski definition) is 13. The van der Waals surface area contributed by atoms with Crippen molar-refractivity contribution < 1.29 is 53.6 Å². The molecule has 4 aliphatic heterocycles. The van der Waals surface area contributed by atoms with Gasteiger partial charge in [0.2, 0.25) is 0 Å². The van der Waals surface area contributed by atoms with Crippen LogP contribution >= 0.6 is 0 Å². The van der Waals surface area contributed by atoms with Crippen LogP contribution in [0.4, 0.5) is 0 Å². The summed E-state index contributed by atoms with van der Waals surface area (Å²) in [6.07, 6.45) is -4.41. The molecule has 0 aromatic carbocycles. The normalized spacial score (nSPS) is 51.7. The molecule has 1 spiro atoms. The lowest BCUT2D eigenvalue weighted by Gasteiger charge is -2.62. The summed E-state index contributed by atoms with van der Waals surface area (Å²) in [5, 5.41) is 46.8. The van der Waals surface area contributed by atoms with Crippen LogP contribution in [0.2, 0.25) is 0 Å². The number of cyclic esters (lactones) is 1. The molecule has 4 fully saturated rings. The van der Waals surface area contributed by atoms with Crippen molar-refractivity contribution in [3.8, 4) is 0 Å². The van der Waals surface area contributed by atoms with Gasteiger partial charge in [-0.05, 0) is 87.9 Å². The van der Waals surface area contributed by atoms with E-state index in [0.29, 0.717) is 19.4 Å². The maximum absolute atomic E-state index is 14.6. The van der Waals surface area contributed by atoms with Crippen molar-refractivity contribution in [1.29, 1.82) is 0 Å². The molecule has 13 heteroatoms. The summed E-state index contributed by atoms with van der Waals surface area (Å²) in [7, 11) is 7.44. The number of fused-ring (bicyclic) bond motifs is 2. The molecule has 4 heterocycles. The van der Waals surface area contributed by atoms with Crippen LogP contribution in [-0.2, 0) is 33.2 Å². The first-order valence-electron chi connectivity index (χ1n) is 18.6. The Kier molecular flexibility index (Phi) is 12.9. The van der Waals surface area contributed by atoms with Crippen molar-refractivity contribution in [3.05, 3.63) is 0 Å². The molecule has 0 bridgehead atoms. The highest BCUT2D eigenvalue weighted by atomic mass is 16.7. The number of aliphatic hydroxyl groups is 4. The van der Waals surface area contributed by atoms with E-state index in [0.717, 1.165) is 6.42 Å². The van der Waals surface area contributed by atoms with Gasteiger partial charge in [-0.25, -0.2) is 0 Å². The molecule has 0 saturated carbocycles. The summed E-state index contributed by atoms with van der Waals surface area (Å²) < 4.78 is 38.2. The van der Waals surface area contributed by atoms with Crippen molar-refractivity contribution >= 4 is 5.97 Å². The SMILES string of the molecule is CC[C@H]1OC(=O)[C@H]2[C@@H](OC23CC(C)(OC)C(O)C(C)O3)[C@H](C)[C@@H](OC2CC(N(C)C)CC(C)O2)[C@@](C)(O)C[C@@H](C)CN(C)[C@H](C)[C@@H](O)[C@]1(C)O.